The lowest BCUT2D eigenvalue weighted by Crippen LogP contribution is -2.30. The van der Waals surface area contributed by atoms with Gasteiger partial charge < -0.3 is 4.74 Å². The van der Waals surface area contributed by atoms with E-state index < -0.39 is 0 Å². The van der Waals surface area contributed by atoms with Crippen LogP contribution in [-0.4, -0.2) is 16.2 Å². The highest BCUT2D eigenvalue weighted by molar-refractivity contribution is 14.1. The van der Waals surface area contributed by atoms with Crippen molar-refractivity contribution >= 4 is 22.6 Å². The van der Waals surface area contributed by atoms with Gasteiger partial charge in [0.1, 0.15) is 11.9 Å². The highest BCUT2D eigenvalue weighted by Crippen LogP contribution is 2.28. The van der Waals surface area contributed by atoms with Crippen LogP contribution < -0.4 is 5.56 Å². The van der Waals surface area contributed by atoms with Gasteiger partial charge in [-0.05, 0) is 47.1 Å². The predicted molar refractivity (Wildman–Crippen MR) is 84.8 cm³/mol. The number of hydrogen-bond acceptors (Lipinski definition) is 3. The molecule has 2 aromatic rings. The summed E-state index contributed by atoms with van der Waals surface area (Å²) >= 11 is 2.02. The first kappa shape index (κ1) is 13.8. The monoisotopic (exact) mass is 382 g/mol. The average Bonchev–Trinajstić information content (AvgIpc) is 2.48. The van der Waals surface area contributed by atoms with E-state index in [1.807, 2.05) is 41.6 Å². The maximum absolute atomic E-state index is 12.2. The largest absolute Gasteiger partial charge is 0.371 e. The van der Waals surface area contributed by atoms with Crippen LogP contribution in [-0.2, 0) is 17.7 Å². The molecule has 0 saturated heterocycles. The molecule has 0 fully saturated rings. The van der Waals surface area contributed by atoms with Crippen LogP contribution in [0.4, 0.5) is 0 Å². The van der Waals surface area contributed by atoms with Crippen molar-refractivity contribution in [1.29, 1.82) is 0 Å². The topological polar surface area (TPSA) is 44.1 Å². The van der Waals surface area contributed by atoms with E-state index >= 15 is 0 Å². The zero-order chi connectivity index (χ0) is 14.1. The Kier molecular flexibility index (Phi) is 3.89. The molecule has 20 heavy (non-hydrogen) atoms. The molecule has 5 heteroatoms. The van der Waals surface area contributed by atoms with Gasteiger partial charge in [0.05, 0.1) is 16.7 Å². The molecule has 1 aromatic heterocycles. The van der Waals surface area contributed by atoms with E-state index in [4.69, 9.17) is 4.74 Å². The Labute approximate surface area is 130 Å². The maximum atomic E-state index is 12.2. The second-order valence-corrected chi connectivity index (χ2v) is 6.04. The fourth-order valence-corrected chi connectivity index (χ4v) is 2.99. The number of aromatic nitrogens is 2. The molecule has 2 heterocycles. The molecule has 0 aliphatic carbocycles. The van der Waals surface area contributed by atoms with E-state index in [0.717, 1.165) is 12.2 Å². The Morgan fingerprint density at radius 1 is 1.45 bits per heavy atom. The quantitative estimate of drug-likeness (QED) is 0.750. The first-order valence-corrected chi connectivity index (χ1v) is 7.66. The fourth-order valence-electron chi connectivity index (χ4n) is 2.56. The number of nitrogens with zero attached hydrogens (tertiary/aromatic N) is 2. The molecular weight excluding hydrogens is 367 g/mol. The van der Waals surface area contributed by atoms with Crippen molar-refractivity contribution in [2.24, 2.45) is 0 Å². The van der Waals surface area contributed by atoms with E-state index in [2.05, 4.69) is 17.1 Å². The zero-order valence-corrected chi connectivity index (χ0v) is 13.3. The highest BCUT2D eigenvalue weighted by atomic mass is 127. The molecule has 0 amide bonds. The molecule has 1 aliphatic rings. The lowest BCUT2D eigenvalue weighted by Gasteiger charge is -2.27. The van der Waals surface area contributed by atoms with Crippen molar-refractivity contribution in [3.63, 3.8) is 0 Å². The number of hydrogen-bond donors (Lipinski definition) is 0. The first-order valence-electron chi connectivity index (χ1n) is 6.58. The van der Waals surface area contributed by atoms with Gasteiger partial charge in [0, 0.05) is 6.20 Å². The van der Waals surface area contributed by atoms with Gasteiger partial charge in [-0.25, -0.2) is 4.98 Å². The van der Waals surface area contributed by atoms with Crippen molar-refractivity contribution in [3.05, 3.63) is 61.3 Å². The summed E-state index contributed by atoms with van der Waals surface area (Å²) in [4.78, 5) is 16.5. The molecule has 0 N–H and O–H groups in total. The molecule has 0 radical (unpaired) electrons. The van der Waals surface area contributed by atoms with Gasteiger partial charge in [0.2, 0.25) is 0 Å². The number of ether oxygens (including phenoxy) is 1. The molecule has 3 rings (SSSR count). The molecule has 1 unspecified atom stereocenters. The highest BCUT2D eigenvalue weighted by Gasteiger charge is 2.22. The maximum Gasteiger partial charge on any atom is 0.267 e. The average molecular weight is 382 g/mol. The van der Waals surface area contributed by atoms with Crippen LogP contribution in [0, 0.1) is 10.5 Å². The molecule has 1 atom stereocenters. The SMILES string of the molecule is Cc1ncc(I)c(=O)n1CC1OCCc2ccccc21. The Hall–Kier alpha value is -1.21. The number of fused-ring (bicyclic) bond motifs is 1. The third kappa shape index (κ3) is 2.52. The summed E-state index contributed by atoms with van der Waals surface area (Å²) in [5.41, 5.74) is 2.50. The zero-order valence-electron chi connectivity index (χ0n) is 11.2. The van der Waals surface area contributed by atoms with Crippen LogP contribution in [0.1, 0.15) is 23.1 Å². The van der Waals surface area contributed by atoms with Crippen molar-refractivity contribution in [1.82, 2.24) is 9.55 Å². The normalized spacial score (nSPS) is 17.8. The van der Waals surface area contributed by atoms with Crippen LogP contribution in [0.3, 0.4) is 0 Å². The number of benzene rings is 1. The fraction of sp³-hybridized carbons (Fsp3) is 0.333. The summed E-state index contributed by atoms with van der Waals surface area (Å²) in [5, 5.41) is 0. The van der Waals surface area contributed by atoms with Crippen molar-refractivity contribution in [3.8, 4) is 0 Å². The molecule has 104 valence electrons. The van der Waals surface area contributed by atoms with Gasteiger partial charge in [-0.1, -0.05) is 24.3 Å². The third-order valence-electron chi connectivity index (χ3n) is 3.65. The van der Waals surface area contributed by atoms with E-state index in [0.29, 0.717) is 16.7 Å². The van der Waals surface area contributed by atoms with Crippen LogP contribution in [0.5, 0.6) is 0 Å². The molecule has 0 spiro atoms. The van der Waals surface area contributed by atoms with Crippen molar-refractivity contribution in [2.75, 3.05) is 6.61 Å². The van der Waals surface area contributed by atoms with E-state index in [9.17, 15) is 4.79 Å². The number of halogens is 1. The van der Waals surface area contributed by atoms with Crippen LogP contribution >= 0.6 is 22.6 Å². The Morgan fingerprint density at radius 2 is 2.25 bits per heavy atom. The Balaban J connectivity index is 1.98. The Morgan fingerprint density at radius 3 is 3.10 bits per heavy atom. The lowest BCUT2D eigenvalue weighted by molar-refractivity contribution is 0.0293. The second kappa shape index (κ2) is 5.65. The third-order valence-corrected chi connectivity index (χ3v) is 4.39. The van der Waals surface area contributed by atoms with Gasteiger partial charge in [0.15, 0.2) is 0 Å². The minimum Gasteiger partial charge on any atom is -0.371 e. The summed E-state index contributed by atoms with van der Waals surface area (Å²) in [6.45, 7) is 3.07. The van der Waals surface area contributed by atoms with E-state index in [-0.39, 0.29) is 11.7 Å². The standard InChI is InChI=1S/C15H15IN2O2/c1-10-17-8-13(16)15(19)18(10)9-14-12-5-3-2-4-11(12)6-7-20-14/h2-5,8,14H,6-7,9H2,1H3. The van der Waals surface area contributed by atoms with Crippen LogP contribution in [0.15, 0.2) is 35.3 Å². The molecule has 1 aliphatic heterocycles. The van der Waals surface area contributed by atoms with Crippen LogP contribution in [0.2, 0.25) is 0 Å². The van der Waals surface area contributed by atoms with Gasteiger partial charge in [-0.3, -0.25) is 9.36 Å². The van der Waals surface area contributed by atoms with Gasteiger partial charge in [-0.15, -0.1) is 0 Å². The lowest BCUT2D eigenvalue weighted by atomic mass is 9.97. The molecule has 0 bridgehead atoms. The summed E-state index contributed by atoms with van der Waals surface area (Å²) in [5.74, 6) is 0.724. The van der Waals surface area contributed by atoms with Gasteiger partial charge in [-0.2, -0.15) is 0 Å². The molecule has 4 nitrogen and oxygen atoms in total. The van der Waals surface area contributed by atoms with Gasteiger partial charge >= 0.3 is 0 Å². The summed E-state index contributed by atoms with van der Waals surface area (Å²) < 4.78 is 8.21. The molecule has 0 saturated carbocycles. The van der Waals surface area contributed by atoms with Crippen molar-refractivity contribution in [2.45, 2.75) is 26.0 Å². The van der Waals surface area contributed by atoms with Crippen molar-refractivity contribution < 1.29 is 4.74 Å². The predicted octanol–water partition coefficient (Wildman–Crippen LogP) is 2.47. The van der Waals surface area contributed by atoms with E-state index in [1.54, 1.807) is 10.8 Å². The van der Waals surface area contributed by atoms with Gasteiger partial charge in [0.25, 0.3) is 5.56 Å². The Bertz CT molecular complexity index is 697. The summed E-state index contributed by atoms with van der Waals surface area (Å²) in [6, 6.07) is 8.28. The molecule has 1 aromatic carbocycles. The second-order valence-electron chi connectivity index (χ2n) is 4.88. The first-order chi connectivity index (χ1) is 9.66. The minimum atomic E-state index is -0.0728. The number of aryl methyl sites for hydroxylation is 1. The van der Waals surface area contributed by atoms with E-state index in [1.165, 1.54) is 11.1 Å². The minimum absolute atomic E-state index is 0.00440. The summed E-state index contributed by atoms with van der Waals surface area (Å²) in [7, 11) is 0. The van der Waals surface area contributed by atoms with Crippen LogP contribution in [0.25, 0.3) is 0 Å². The molecular formula is C15H15IN2O2. The smallest absolute Gasteiger partial charge is 0.267 e. The number of rotatable bonds is 2. The summed E-state index contributed by atoms with van der Waals surface area (Å²) in [6.07, 6.45) is 2.48.